The van der Waals surface area contributed by atoms with Crippen molar-refractivity contribution in [2.45, 2.75) is 45.7 Å². The van der Waals surface area contributed by atoms with Crippen LogP contribution in [0.5, 0.6) is 0 Å². The Morgan fingerprint density at radius 1 is 1.47 bits per heavy atom. The molecule has 3 heterocycles. The van der Waals surface area contributed by atoms with Crippen LogP contribution in [0.1, 0.15) is 49.2 Å². The van der Waals surface area contributed by atoms with Gasteiger partial charge in [-0.1, -0.05) is 12.1 Å². The number of likely N-dealkylation sites (tertiary alicyclic amines) is 1. The summed E-state index contributed by atoms with van der Waals surface area (Å²) in [6.07, 6.45) is 4.87. The van der Waals surface area contributed by atoms with E-state index in [9.17, 15) is 0 Å². The van der Waals surface area contributed by atoms with Gasteiger partial charge in [0.1, 0.15) is 5.76 Å². The van der Waals surface area contributed by atoms with Gasteiger partial charge in [-0.15, -0.1) is 0 Å². The number of rotatable bonds is 4. The molecule has 102 valence electrons. The third-order valence-corrected chi connectivity index (χ3v) is 3.49. The molecule has 0 N–H and O–H groups in total. The molecular formula is C13H18N4O2. The summed E-state index contributed by atoms with van der Waals surface area (Å²) in [5.41, 5.74) is 0. The molecule has 2 aromatic rings. The molecule has 0 radical (unpaired) electrons. The molecular weight excluding hydrogens is 244 g/mol. The lowest BCUT2D eigenvalue weighted by Crippen LogP contribution is -2.23. The first-order valence-electron chi connectivity index (χ1n) is 6.74. The van der Waals surface area contributed by atoms with Gasteiger partial charge in [0, 0.05) is 13.3 Å². The molecule has 0 saturated carbocycles. The number of oxazole rings is 1. The number of aryl methyl sites for hydroxylation is 2. The van der Waals surface area contributed by atoms with Gasteiger partial charge in [0.25, 0.3) is 0 Å². The Bertz CT molecular complexity index is 548. The fourth-order valence-corrected chi connectivity index (χ4v) is 2.52. The molecule has 1 aliphatic rings. The summed E-state index contributed by atoms with van der Waals surface area (Å²) in [6, 6.07) is 0.217. The van der Waals surface area contributed by atoms with Crippen LogP contribution in [0, 0.1) is 6.92 Å². The van der Waals surface area contributed by atoms with E-state index in [1.54, 1.807) is 6.20 Å². The van der Waals surface area contributed by atoms with Crippen LogP contribution in [0.3, 0.4) is 0 Å². The maximum Gasteiger partial charge on any atom is 0.223 e. The molecule has 1 aliphatic heterocycles. The van der Waals surface area contributed by atoms with E-state index < -0.39 is 0 Å². The molecule has 2 aromatic heterocycles. The monoisotopic (exact) mass is 262 g/mol. The summed E-state index contributed by atoms with van der Waals surface area (Å²) in [4.78, 5) is 10.9. The summed E-state index contributed by atoms with van der Waals surface area (Å²) in [5.74, 6) is 3.09. The summed E-state index contributed by atoms with van der Waals surface area (Å²) in [5, 5.41) is 4.03. The molecule has 19 heavy (non-hydrogen) atoms. The average molecular weight is 262 g/mol. The van der Waals surface area contributed by atoms with Gasteiger partial charge in [0.2, 0.25) is 11.8 Å². The van der Waals surface area contributed by atoms with E-state index in [2.05, 4.69) is 26.9 Å². The van der Waals surface area contributed by atoms with E-state index in [-0.39, 0.29) is 6.04 Å². The Hall–Kier alpha value is -1.69. The van der Waals surface area contributed by atoms with Crippen molar-refractivity contribution < 1.29 is 8.94 Å². The first-order valence-corrected chi connectivity index (χ1v) is 6.74. The van der Waals surface area contributed by atoms with Gasteiger partial charge in [-0.05, 0) is 19.4 Å². The molecule has 1 saturated heterocycles. The van der Waals surface area contributed by atoms with Crippen LogP contribution in [0.2, 0.25) is 0 Å². The summed E-state index contributed by atoms with van der Waals surface area (Å²) in [6.45, 7) is 5.60. The number of hydrogen-bond acceptors (Lipinski definition) is 6. The molecule has 0 aliphatic carbocycles. The Morgan fingerprint density at radius 3 is 3.05 bits per heavy atom. The lowest BCUT2D eigenvalue weighted by molar-refractivity contribution is 0.210. The van der Waals surface area contributed by atoms with E-state index in [4.69, 9.17) is 8.94 Å². The maximum absolute atomic E-state index is 5.67. The zero-order chi connectivity index (χ0) is 13.2. The summed E-state index contributed by atoms with van der Waals surface area (Å²) < 4.78 is 10.7. The highest BCUT2D eigenvalue weighted by molar-refractivity contribution is 5.00. The van der Waals surface area contributed by atoms with E-state index in [1.807, 2.05) is 6.92 Å². The Balaban J connectivity index is 1.72. The highest BCUT2D eigenvalue weighted by Gasteiger charge is 2.30. The van der Waals surface area contributed by atoms with Crippen molar-refractivity contribution in [2.75, 3.05) is 6.54 Å². The molecule has 0 spiro atoms. The maximum atomic E-state index is 5.67. The van der Waals surface area contributed by atoms with Gasteiger partial charge in [0.05, 0.1) is 18.8 Å². The fraction of sp³-hybridized carbons (Fsp3) is 0.615. The van der Waals surface area contributed by atoms with Crippen LogP contribution >= 0.6 is 0 Å². The Kier molecular flexibility index (Phi) is 3.33. The van der Waals surface area contributed by atoms with Gasteiger partial charge < -0.3 is 8.94 Å². The van der Waals surface area contributed by atoms with Crippen LogP contribution in [0.15, 0.2) is 15.1 Å². The molecule has 0 unspecified atom stereocenters. The lowest BCUT2D eigenvalue weighted by atomic mass is 10.2. The number of hydrogen-bond donors (Lipinski definition) is 0. The van der Waals surface area contributed by atoms with Crippen molar-refractivity contribution in [3.05, 3.63) is 29.6 Å². The van der Waals surface area contributed by atoms with Gasteiger partial charge in [-0.2, -0.15) is 4.98 Å². The van der Waals surface area contributed by atoms with Gasteiger partial charge >= 0.3 is 0 Å². The molecule has 0 bridgehead atoms. The normalized spacial score (nSPS) is 20.2. The van der Waals surface area contributed by atoms with Gasteiger partial charge in [-0.3, -0.25) is 4.90 Å². The van der Waals surface area contributed by atoms with Crippen LogP contribution in [-0.2, 0) is 13.0 Å². The summed E-state index contributed by atoms with van der Waals surface area (Å²) in [7, 11) is 0. The third kappa shape index (κ3) is 2.53. The number of aromatic nitrogens is 3. The van der Waals surface area contributed by atoms with Crippen molar-refractivity contribution in [2.24, 2.45) is 0 Å². The van der Waals surface area contributed by atoms with Crippen LogP contribution in [0.4, 0.5) is 0 Å². The average Bonchev–Trinajstić information content (AvgIpc) is 3.10. The second-order valence-corrected chi connectivity index (χ2v) is 4.87. The van der Waals surface area contributed by atoms with Crippen molar-refractivity contribution >= 4 is 0 Å². The quantitative estimate of drug-likeness (QED) is 0.842. The van der Waals surface area contributed by atoms with E-state index in [1.165, 1.54) is 0 Å². The second-order valence-electron chi connectivity index (χ2n) is 4.87. The smallest absolute Gasteiger partial charge is 0.223 e. The molecule has 0 aromatic carbocycles. The predicted octanol–water partition coefficient (Wildman–Crippen LogP) is 2.27. The van der Waals surface area contributed by atoms with Gasteiger partial charge in [-0.25, -0.2) is 4.98 Å². The first kappa shape index (κ1) is 12.3. The highest BCUT2D eigenvalue weighted by atomic mass is 16.5. The molecule has 1 atom stereocenters. The Labute approximate surface area is 111 Å². The standard InChI is InChI=1S/C13H18N4O2/c1-3-10-7-14-12(18-10)8-17-6-4-5-11(17)13-15-9(2)19-16-13/h7,11H,3-6,8H2,1-2H3/t11-/m0/s1. The third-order valence-electron chi connectivity index (χ3n) is 3.49. The molecule has 3 rings (SSSR count). The zero-order valence-corrected chi connectivity index (χ0v) is 11.3. The molecule has 0 amide bonds. The van der Waals surface area contributed by atoms with Crippen molar-refractivity contribution in [3.8, 4) is 0 Å². The zero-order valence-electron chi connectivity index (χ0n) is 11.3. The van der Waals surface area contributed by atoms with Crippen LogP contribution in [-0.4, -0.2) is 26.6 Å². The molecule has 6 heteroatoms. The fourth-order valence-electron chi connectivity index (χ4n) is 2.52. The predicted molar refractivity (Wildman–Crippen MR) is 67.3 cm³/mol. The van der Waals surface area contributed by atoms with E-state index in [0.29, 0.717) is 12.4 Å². The number of nitrogens with zero attached hydrogens (tertiary/aromatic N) is 4. The van der Waals surface area contributed by atoms with Crippen LogP contribution < -0.4 is 0 Å². The lowest BCUT2D eigenvalue weighted by Gasteiger charge is -2.19. The van der Waals surface area contributed by atoms with Crippen molar-refractivity contribution in [3.63, 3.8) is 0 Å². The largest absolute Gasteiger partial charge is 0.444 e. The van der Waals surface area contributed by atoms with Gasteiger partial charge in [0.15, 0.2) is 5.82 Å². The Morgan fingerprint density at radius 2 is 2.37 bits per heavy atom. The minimum Gasteiger partial charge on any atom is -0.444 e. The minimum atomic E-state index is 0.217. The molecule has 6 nitrogen and oxygen atoms in total. The van der Waals surface area contributed by atoms with Crippen LogP contribution in [0.25, 0.3) is 0 Å². The van der Waals surface area contributed by atoms with E-state index in [0.717, 1.165) is 43.3 Å². The summed E-state index contributed by atoms with van der Waals surface area (Å²) >= 11 is 0. The topological polar surface area (TPSA) is 68.2 Å². The van der Waals surface area contributed by atoms with Crippen molar-refractivity contribution in [1.29, 1.82) is 0 Å². The second kappa shape index (κ2) is 5.13. The van der Waals surface area contributed by atoms with E-state index >= 15 is 0 Å². The molecule has 1 fully saturated rings. The SMILES string of the molecule is CCc1cnc(CN2CCC[C@H]2c2noc(C)n2)o1. The highest BCUT2D eigenvalue weighted by Crippen LogP contribution is 2.31. The van der Waals surface area contributed by atoms with Crippen molar-refractivity contribution in [1.82, 2.24) is 20.0 Å². The first-order chi connectivity index (χ1) is 9.26. The minimum absolute atomic E-state index is 0.217.